The van der Waals surface area contributed by atoms with Gasteiger partial charge in [-0.2, -0.15) is 5.26 Å². The molecule has 0 aliphatic rings. The lowest BCUT2D eigenvalue weighted by Crippen LogP contribution is -2.30. The summed E-state index contributed by atoms with van der Waals surface area (Å²) in [6.07, 6.45) is 1.11. The van der Waals surface area contributed by atoms with E-state index in [2.05, 4.69) is 48.1 Å². The fourth-order valence-electron chi connectivity index (χ4n) is 3.69. The zero-order valence-electron chi connectivity index (χ0n) is 20.1. The fourth-order valence-corrected chi connectivity index (χ4v) is 4.35. The minimum Gasteiger partial charge on any atom is -0.334 e. The van der Waals surface area contributed by atoms with Crippen LogP contribution in [0.4, 0.5) is 23.0 Å². The third-order valence-corrected chi connectivity index (χ3v) is 6.75. The number of nitro groups is 1. The molecule has 196 valence electrons. The first-order chi connectivity index (χ1) is 18.7. The number of aromatic nitrogens is 2. The molecule has 4 aromatic rings. The van der Waals surface area contributed by atoms with Crippen LogP contribution in [0.2, 0.25) is 10.0 Å². The number of aryl methyl sites for hydroxylation is 1. The Morgan fingerprint density at radius 3 is 2.38 bits per heavy atom. The monoisotopic (exact) mass is 625 g/mol. The molecule has 4 rings (SSSR count). The van der Waals surface area contributed by atoms with E-state index < -0.39 is 22.4 Å². The lowest BCUT2D eigenvalue weighted by atomic mass is 9.91. The van der Waals surface area contributed by atoms with Gasteiger partial charge in [-0.1, -0.05) is 57.3 Å². The third-order valence-electron chi connectivity index (χ3n) is 5.65. The molecular weight excluding hydrogens is 609 g/mol. The molecule has 0 saturated heterocycles. The number of nitrogens with zero attached hydrogens (tertiary/aromatic N) is 4. The zero-order chi connectivity index (χ0) is 28.1. The minimum absolute atomic E-state index is 0.128. The molecule has 0 radical (unpaired) electrons. The number of carbonyl (C=O) groups is 1. The second-order valence-corrected chi connectivity index (χ2v) is 9.95. The van der Waals surface area contributed by atoms with Crippen LogP contribution in [0.5, 0.6) is 0 Å². The molecule has 0 aliphatic carbocycles. The molecule has 1 aromatic heterocycles. The van der Waals surface area contributed by atoms with Gasteiger partial charge in [0.25, 0.3) is 5.91 Å². The Bertz CT molecular complexity index is 1590. The van der Waals surface area contributed by atoms with E-state index in [-0.39, 0.29) is 16.7 Å². The average molecular weight is 627 g/mol. The quantitative estimate of drug-likeness (QED) is 0.141. The standard InChI is InChI=1S/C26H18BrCl2N7O3/c1-14-10-19(20(12-30)15-4-8-18(28)9-5-15)21(29)11-22(14)33-24-23(36(38)39)25(32-13-31-24)34-35-26(37)16-2-6-17(27)7-3-16/h2-11,13,20H,1H3,(H,35,37)(H2,31,32,33,34). The van der Waals surface area contributed by atoms with Gasteiger partial charge in [-0.3, -0.25) is 25.8 Å². The van der Waals surface area contributed by atoms with E-state index in [4.69, 9.17) is 23.2 Å². The molecule has 13 heteroatoms. The number of carbonyl (C=O) groups excluding carboxylic acids is 1. The van der Waals surface area contributed by atoms with Gasteiger partial charge in [0, 0.05) is 25.8 Å². The summed E-state index contributed by atoms with van der Waals surface area (Å²) in [6, 6.07) is 19.0. The van der Waals surface area contributed by atoms with Crippen molar-refractivity contribution in [2.45, 2.75) is 12.8 Å². The van der Waals surface area contributed by atoms with E-state index in [1.54, 1.807) is 67.6 Å². The molecule has 1 unspecified atom stereocenters. The lowest BCUT2D eigenvalue weighted by Gasteiger charge is -2.17. The topological polar surface area (TPSA) is 146 Å². The predicted octanol–water partition coefficient (Wildman–Crippen LogP) is 6.92. The van der Waals surface area contributed by atoms with Gasteiger partial charge in [-0.15, -0.1) is 0 Å². The first kappa shape index (κ1) is 27.8. The maximum absolute atomic E-state index is 12.4. The molecule has 3 aromatic carbocycles. The molecule has 39 heavy (non-hydrogen) atoms. The van der Waals surface area contributed by atoms with Crippen LogP contribution < -0.4 is 16.2 Å². The SMILES string of the molecule is Cc1cc(C(C#N)c2ccc(Cl)cc2)c(Cl)cc1Nc1ncnc(NNC(=O)c2ccc(Br)cc2)c1[N+](=O)[O-]. The Morgan fingerprint density at radius 1 is 1.08 bits per heavy atom. The summed E-state index contributed by atoms with van der Waals surface area (Å²) in [6.45, 7) is 1.77. The highest BCUT2D eigenvalue weighted by atomic mass is 79.9. The summed E-state index contributed by atoms with van der Waals surface area (Å²) in [4.78, 5) is 31.7. The van der Waals surface area contributed by atoms with E-state index in [1.807, 2.05) is 0 Å². The van der Waals surface area contributed by atoms with Crippen LogP contribution in [0.1, 0.15) is 33.0 Å². The number of amides is 1. The van der Waals surface area contributed by atoms with E-state index in [0.29, 0.717) is 27.4 Å². The van der Waals surface area contributed by atoms with Gasteiger partial charge in [-0.25, -0.2) is 9.97 Å². The number of hydrogen-bond acceptors (Lipinski definition) is 8. The highest BCUT2D eigenvalue weighted by Crippen LogP contribution is 2.37. The van der Waals surface area contributed by atoms with E-state index in [0.717, 1.165) is 16.4 Å². The summed E-state index contributed by atoms with van der Waals surface area (Å²) < 4.78 is 0.797. The van der Waals surface area contributed by atoms with Crippen LogP contribution in [-0.2, 0) is 0 Å². The number of nitriles is 1. The van der Waals surface area contributed by atoms with Crippen molar-refractivity contribution in [1.82, 2.24) is 15.4 Å². The smallest absolute Gasteiger partial charge is 0.334 e. The van der Waals surface area contributed by atoms with Gasteiger partial charge in [0.2, 0.25) is 11.6 Å². The molecule has 3 N–H and O–H groups in total. The van der Waals surface area contributed by atoms with Crippen molar-refractivity contribution in [2.24, 2.45) is 0 Å². The van der Waals surface area contributed by atoms with Crippen molar-refractivity contribution >= 4 is 68.0 Å². The number of anilines is 3. The summed E-state index contributed by atoms with van der Waals surface area (Å²) in [7, 11) is 0. The van der Waals surface area contributed by atoms with Crippen molar-refractivity contribution < 1.29 is 9.72 Å². The van der Waals surface area contributed by atoms with E-state index >= 15 is 0 Å². The molecular formula is C26H18BrCl2N7O3. The van der Waals surface area contributed by atoms with Crippen molar-refractivity contribution in [1.29, 1.82) is 5.26 Å². The number of hydrazine groups is 1. The zero-order valence-corrected chi connectivity index (χ0v) is 23.2. The fraction of sp³-hybridized carbons (Fsp3) is 0.0769. The van der Waals surface area contributed by atoms with Gasteiger partial charge in [0.1, 0.15) is 6.33 Å². The molecule has 0 spiro atoms. The second kappa shape index (κ2) is 12.1. The number of hydrogen-bond donors (Lipinski definition) is 3. The minimum atomic E-state index is -0.673. The molecule has 0 fully saturated rings. The molecule has 1 heterocycles. The molecule has 1 atom stereocenters. The summed E-state index contributed by atoms with van der Waals surface area (Å²) in [5, 5.41) is 25.5. The Balaban J connectivity index is 1.60. The van der Waals surface area contributed by atoms with Gasteiger partial charge in [0.05, 0.1) is 16.9 Å². The Labute approximate surface area is 241 Å². The first-order valence-electron chi connectivity index (χ1n) is 11.2. The van der Waals surface area contributed by atoms with Crippen molar-refractivity contribution in [3.8, 4) is 6.07 Å². The highest BCUT2D eigenvalue weighted by molar-refractivity contribution is 9.10. The number of benzene rings is 3. The van der Waals surface area contributed by atoms with Crippen LogP contribution in [0.3, 0.4) is 0 Å². The van der Waals surface area contributed by atoms with Crippen LogP contribution >= 0.6 is 39.1 Å². The normalized spacial score (nSPS) is 11.3. The Hall–Kier alpha value is -4.24. The number of nitrogens with one attached hydrogen (secondary N) is 3. The van der Waals surface area contributed by atoms with E-state index in [9.17, 15) is 20.2 Å². The van der Waals surface area contributed by atoms with Crippen molar-refractivity contribution in [2.75, 3.05) is 10.7 Å². The van der Waals surface area contributed by atoms with Crippen LogP contribution in [-0.4, -0.2) is 20.8 Å². The summed E-state index contributed by atoms with van der Waals surface area (Å²) >= 11 is 15.8. The third kappa shape index (κ3) is 6.43. The second-order valence-electron chi connectivity index (χ2n) is 8.19. The van der Waals surface area contributed by atoms with Crippen molar-refractivity contribution in [3.63, 3.8) is 0 Å². The summed E-state index contributed by atoms with van der Waals surface area (Å²) in [5.41, 5.74) is 7.12. The molecule has 10 nitrogen and oxygen atoms in total. The average Bonchev–Trinajstić information content (AvgIpc) is 2.91. The maximum atomic E-state index is 12.4. The maximum Gasteiger partial charge on any atom is 0.355 e. The van der Waals surface area contributed by atoms with Crippen LogP contribution in [0.25, 0.3) is 0 Å². The van der Waals surface area contributed by atoms with E-state index in [1.165, 1.54) is 0 Å². The largest absolute Gasteiger partial charge is 0.355 e. The number of halogens is 3. The van der Waals surface area contributed by atoms with Gasteiger partial charge in [0.15, 0.2) is 0 Å². The lowest BCUT2D eigenvalue weighted by molar-refractivity contribution is -0.383. The van der Waals surface area contributed by atoms with Gasteiger partial charge in [-0.05, 0) is 66.1 Å². The Kier molecular flexibility index (Phi) is 8.61. The molecule has 0 aliphatic heterocycles. The Morgan fingerprint density at radius 2 is 1.74 bits per heavy atom. The van der Waals surface area contributed by atoms with Crippen LogP contribution in [0, 0.1) is 28.4 Å². The van der Waals surface area contributed by atoms with Gasteiger partial charge >= 0.3 is 5.69 Å². The molecule has 1 amide bonds. The summed E-state index contributed by atoms with van der Waals surface area (Å²) in [5.74, 6) is -1.52. The van der Waals surface area contributed by atoms with Gasteiger partial charge < -0.3 is 5.32 Å². The van der Waals surface area contributed by atoms with Crippen molar-refractivity contribution in [3.05, 3.63) is 114 Å². The highest BCUT2D eigenvalue weighted by Gasteiger charge is 2.25. The predicted molar refractivity (Wildman–Crippen MR) is 152 cm³/mol. The van der Waals surface area contributed by atoms with Crippen LogP contribution in [0.15, 0.2) is 71.5 Å². The number of rotatable bonds is 8. The first-order valence-corrected chi connectivity index (χ1v) is 12.8. The molecule has 0 bridgehead atoms. The molecule has 0 saturated carbocycles.